The number of aromatic nitrogens is 4. The summed E-state index contributed by atoms with van der Waals surface area (Å²) >= 11 is 0. The molecule has 128 valence electrons. The van der Waals surface area contributed by atoms with Gasteiger partial charge in [0.2, 0.25) is 0 Å². The molecule has 2 aromatic heterocycles. The highest BCUT2D eigenvalue weighted by Crippen LogP contribution is 2.18. The van der Waals surface area contributed by atoms with Gasteiger partial charge in [-0.15, -0.1) is 5.10 Å². The second-order valence-electron chi connectivity index (χ2n) is 5.10. The number of hydrogen-bond donors (Lipinski definition) is 1. The fourth-order valence-electron chi connectivity index (χ4n) is 2.08. The molecule has 1 aromatic carbocycles. The van der Waals surface area contributed by atoms with Crippen LogP contribution < -0.4 is 14.8 Å². The average Bonchev–Trinajstić information content (AvgIpc) is 3.15. The predicted octanol–water partition coefficient (Wildman–Crippen LogP) is 1.37. The molecule has 2 heterocycles. The molecule has 8 heteroatoms. The minimum Gasteiger partial charge on any atom is -0.497 e. The SMILES string of the molecule is COc1cccc(OCC(=O)NCc2cn(-c3ccncc3)nn2)c1. The number of hydrogen-bond acceptors (Lipinski definition) is 6. The number of ether oxygens (including phenoxy) is 2. The molecule has 3 rings (SSSR count). The van der Waals surface area contributed by atoms with Gasteiger partial charge in [-0.05, 0) is 24.3 Å². The van der Waals surface area contributed by atoms with Crippen molar-refractivity contribution in [2.24, 2.45) is 0 Å². The van der Waals surface area contributed by atoms with Crippen LogP contribution in [0.5, 0.6) is 11.5 Å². The van der Waals surface area contributed by atoms with E-state index in [-0.39, 0.29) is 19.1 Å². The Balaban J connectivity index is 1.48. The van der Waals surface area contributed by atoms with Crippen molar-refractivity contribution in [3.05, 3.63) is 60.7 Å². The van der Waals surface area contributed by atoms with Crippen molar-refractivity contribution < 1.29 is 14.3 Å². The molecule has 0 atom stereocenters. The minimum absolute atomic E-state index is 0.0916. The summed E-state index contributed by atoms with van der Waals surface area (Å²) in [5, 5.41) is 10.8. The Morgan fingerprint density at radius 1 is 1.20 bits per heavy atom. The van der Waals surface area contributed by atoms with E-state index in [9.17, 15) is 4.79 Å². The normalized spacial score (nSPS) is 10.3. The Hall–Kier alpha value is -3.42. The minimum atomic E-state index is -0.249. The maximum absolute atomic E-state index is 11.9. The van der Waals surface area contributed by atoms with Crippen molar-refractivity contribution in [3.8, 4) is 17.2 Å². The maximum atomic E-state index is 11.9. The number of benzene rings is 1. The summed E-state index contributed by atoms with van der Waals surface area (Å²) in [7, 11) is 1.57. The van der Waals surface area contributed by atoms with Gasteiger partial charge in [0.25, 0.3) is 5.91 Å². The van der Waals surface area contributed by atoms with Gasteiger partial charge in [0.15, 0.2) is 6.61 Å². The van der Waals surface area contributed by atoms with Crippen molar-refractivity contribution in [1.82, 2.24) is 25.3 Å². The first-order chi connectivity index (χ1) is 12.2. The molecule has 0 bridgehead atoms. The topological polar surface area (TPSA) is 91.2 Å². The first kappa shape index (κ1) is 16.4. The summed E-state index contributed by atoms with van der Waals surface area (Å²) in [5.41, 5.74) is 1.49. The number of carbonyl (C=O) groups is 1. The fourth-order valence-corrected chi connectivity index (χ4v) is 2.08. The van der Waals surface area contributed by atoms with E-state index >= 15 is 0 Å². The number of rotatable bonds is 7. The fraction of sp³-hybridized carbons (Fsp3) is 0.176. The summed E-state index contributed by atoms with van der Waals surface area (Å²) in [6.45, 7) is 0.178. The molecule has 0 radical (unpaired) electrons. The van der Waals surface area contributed by atoms with Gasteiger partial charge in [0.05, 0.1) is 25.5 Å². The summed E-state index contributed by atoms with van der Waals surface area (Å²) in [6.07, 6.45) is 5.10. The van der Waals surface area contributed by atoms with Crippen molar-refractivity contribution >= 4 is 5.91 Å². The molecule has 3 aromatic rings. The molecule has 0 spiro atoms. The lowest BCUT2D eigenvalue weighted by molar-refractivity contribution is -0.123. The molecule has 8 nitrogen and oxygen atoms in total. The van der Waals surface area contributed by atoms with Crippen LogP contribution in [0.25, 0.3) is 5.69 Å². The van der Waals surface area contributed by atoms with E-state index in [0.717, 1.165) is 5.69 Å². The molecule has 1 amide bonds. The number of pyridine rings is 1. The molecule has 0 aliphatic rings. The van der Waals surface area contributed by atoms with Crippen LogP contribution in [0.15, 0.2) is 55.0 Å². The van der Waals surface area contributed by atoms with Crippen LogP contribution in [0, 0.1) is 0 Å². The number of nitrogens with zero attached hydrogens (tertiary/aromatic N) is 4. The number of amides is 1. The van der Waals surface area contributed by atoms with Crippen LogP contribution in [0.3, 0.4) is 0 Å². The monoisotopic (exact) mass is 339 g/mol. The predicted molar refractivity (Wildman–Crippen MR) is 89.5 cm³/mol. The van der Waals surface area contributed by atoms with Gasteiger partial charge in [0.1, 0.15) is 17.2 Å². The summed E-state index contributed by atoms with van der Waals surface area (Å²) in [6, 6.07) is 10.7. The average molecular weight is 339 g/mol. The van der Waals surface area contributed by atoms with Gasteiger partial charge in [-0.2, -0.15) is 0 Å². The lowest BCUT2D eigenvalue weighted by Gasteiger charge is -2.07. The van der Waals surface area contributed by atoms with E-state index in [2.05, 4.69) is 20.6 Å². The third-order valence-electron chi connectivity index (χ3n) is 3.35. The molecule has 0 aliphatic heterocycles. The van der Waals surface area contributed by atoms with Crippen molar-refractivity contribution in [2.75, 3.05) is 13.7 Å². The Labute approximate surface area is 144 Å². The number of carbonyl (C=O) groups excluding carboxylic acids is 1. The maximum Gasteiger partial charge on any atom is 0.258 e. The van der Waals surface area contributed by atoms with Crippen LogP contribution in [0.4, 0.5) is 0 Å². The zero-order valence-electron chi connectivity index (χ0n) is 13.6. The third kappa shape index (κ3) is 4.54. The van der Waals surface area contributed by atoms with E-state index in [1.165, 1.54) is 0 Å². The second kappa shape index (κ2) is 7.91. The van der Waals surface area contributed by atoms with Gasteiger partial charge in [0, 0.05) is 18.5 Å². The van der Waals surface area contributed by atoms with Crippen LogP contribution in [0.1, 0.15) is 5.69 Å². The van der Waals surface area contributed by atoms with E-state index in [0.29, 0.717) is 17.2 Å². The van der Waals surface area contributed by atoms with E-state index in [4.69, 9.17) is 9.47 Å². The van der Waals surface area contributed by atoms with Gasteiger partial charge in [-0.25, -0.2) is 4.68 Å². The first-order valence-electron chi connectivity index (χ1n) is 7.60. The number of methoxy groups -OCH3 is 1. The zero-order valence-corrected chi connectivity index (χ0v) is 13.6. The molecule has 1 N–H and O–H groups in total. The van der Waals surface area contributed by atoms with Gasteiger partial charge in [-0.1, -0.05) is 11.3 Å². The number of nitrogens with one attached hydrogen (secondary N) is 1. The van der Waals surface area contributed by atoms with Gasteiger partial charge >= 0.3 is 0 Å². The Kier molecular flexibility index (Phi) is 5.20. The molecule has 25 heavy (non-hydrogen) atoms. The Bertz CT molecular complexity index is 835. The highest BCUT2D eigenvalue weighted by atomic mass is 16.5. The summed E-state index contributed by atoms with van der Waals surface area (Å²) in [5.74, 6) is 0.991. The van der Waals surface area contributed by atoms with Crippen LogP contribution in [0.2, 0.25) is 0 Å². The first-order valence-corrected chi connectivity index (χ1v) is 7.60. The highest BCUT2D eigenvalue weighted by Gasteiger charge is 2.07. The molecule has 0 unspecified atom stereocenters. The Morgan fingerprint density at radius 2 is 2.00 bits per heavy atom. The molecule has 0 aliphatic carbocycles. The van der Waals surface area contributed by atoms with E-state index in [1.807, 2.05) is 12.1 Å². The lowest BCUT2D eigenvalue weighted by atomic mass is 10.3. The second-order valence-corrected chi connectivity index (χ2v) is 5.10. The zero-order chi connectivity index (χ0) is 17.5. The van der Waals surface area contributed by atoms with Gasteiger partial charge < -0.3 is 14.8 Å². The Morgan fingerprint density at radius 3 is 2.80 bits per heavy atom. The molecule has 0 saturated carbocycles. The lowest BCUT2D eigenvalue weighted by Crippen LogP contribution is -2.28. The largest absolute Gasteiger partial charge is 0.497 e. The van der Waals surface area contributed by atoms with Crippen LogP contribution in [-0.4, -0.2) is 39.6 Å². The highest BCUT2D eigenvalue weighted by molar-refractivity contribution is 5.77. The van der Waals surface area contributed by atoms with Crippen LogP contribution >= 0.6 is 0 Å². The quantitative estimate of drug-likeness (QED) is 0.699. The van der Waals surface area contributed by atoms with Crippen molar-refractivity contribution in [1.29, 1.82) is 0 Å². The molecular weight excluding hydrogens is 322 g/mol. The van der Waals surface area contributed by atoms with E-state index in [1.54, 1.807) is 54.6 Å². The van der Waals surface area contributed by atoms with Crippen molar-refractivity contribution in [2.45, 2.75) is 6.54 Å². The molecule has 0 fully saturated rings. The summed E-state index contributed by atoms with van der Waals surface area (Å²) < 4.78 is 12.2. The van der Waals surface area contributed by atoms with Gasteiger partial charge in [-0.3, -0.25) is 9.78 Å². The smallest absolute Gasteiger partial charge is 0.258 e. The van der Waals surface area contributed by atoms with Crippen LogP contribution in [-0.2, 0) is 11.3 Å². The standard InChI is InChI=1S/C17H17N5O3/c1-24-15-3-2-4-16(9-15)25-12-17(23)19-10-13-11-22(21-20-13)14-5-7-18-8-6-14/h2-9,11H,10,12H2,1H3,(H,19,23). The molecular formula is C17H17N5O3. The summed E-state index contributed by atoms with van der Waals surface area (Å²) in [4.78, 5) is 15.8. The van der Waals surface area contributed by atoms with E-state index < -0.39 is 0 Å². The van der Waals surface area contributed by atoms with Crippen molar-refractivity contribution in [3.63, 3.8) is 0 Å². The third-order valence-corrected chi connectivity index (χ3v) is 3.35. The molecule has 0 saturated heterocycles.